The molecule has 0 saturated carbocycles. The number of non-ortho nitro benzene ring substituents is 1. The van der Waals surface area contributed by atoms with Crippen molar-refractivity contribution in [2.75, 3.05) is 19.5 Å². The van der Waals surface area contributed by atoms with E-state index >= 15 is 0 Å². The van der Waals surface area contributed by atoms with Crippen molar-refractivity contribution in [1.82, 2.24) is 0 Å². The average molecular weight is 495 g/mol. The van der Waals surface area contributed by atoms with Crippen LogP contribution in [0.15, 0.2) is 35.9 Å². The quantitative estimate of drug-likeness (QED) is 0.157. The predicted molar refractivity (Wildman–Crippen MR) is 109 cm³/mol. The van der Waals surface area contributed by atoms with E-state index in [9.17, 15) is 25.3 Å². The normalized spacial score (nSPS) is 10.7. The number of carbonyl (C=O) groups is 1. The van der Waals surface area contributed by atoms with Crippen molar-refractivity contribution in [2.24, 2.45) is 0 Å². The number of nitriles is 1. The van der Waals surface area contributed by atoms with E-state index < -0.39 is 16.6 Å². The highest BCUT2D eigenvalue weighted by Gasteiger charge is 2.16. The van der Waals surface area contributed by atoms with Crippen LogP contribution in [-0.4, -0.2) is 30.2 Å². The van der Waals surface area contributed by atoms with E-state index in [1.54, 1.807) is 18.2 Å². The van der Waals surface area contributed by atoms with Gasteiger partial charge in [0.2, 0.25) is 0 Å². The summed E-state index contributed by atoms with van der Waals surface area (Å²) in [5.41, 5.74) is -0.0902. The first-order chi connectivity index (χ1) is 13.3. The number of rotatable bonds is 6. The van der Waals surface area contributed by atoms with Crippen LogP contribution in [0.1, 0.15) is 5.56 Å². The molecule has 0 aliphatic heterocycles. The Morgan fingerprint density at radius 3 is 2.57 bits per heavy atom. The first-order valence-corrected chi connectivity index (χ1v) is 8.70. The maximum atomic E-state index is 12.4. The second-order valence-corrected chi connectivity index (χ2v) is 6.48. The van der Waals surface area contributed by atoms with E-state index in [1.807, 2.05) is 22.6 Å². The van der Waals surface area contributed by atoms with Gasteiger partial charge in [0.1, 0.15) is 17.4 Å². The smallest absolute Gasteiger partial charge is 0.273 e. The molecule has 0 aliphatic rings. The largest absolute Gasteiger partial charge is 0.506 e. The third-order valence-electron chi connectivity index (χ3n) is 3.57. The van der Waals surface area contributed by atoms with Crippen molar-refractivity contribution < 1.29 is 24.3 Å². The molecule has 2 aromatic rings. The summed E-state index contributed by atoms with van der Waals surface area (Å²) >= 11 is 2.04. The highest BCUT2D eigenvalue weighted by atomic mass is 127. The monoisotopic (exact) mass is 495 g/mol. The molecular weight excluding hydrogens is 481 g/mol. The molecule has 0 atom stereocenters. The van der Waals surface area contributed by atoms with Gasteiger partial charge in [0.25, 0.3) is 11.6 Å². The lowest BCUT2D eigenvalue weighted by Crippen LogP contribution is -2.13. The number of amides is 1. The summed E-state index contributed by atoms with van der Waals surface area (Å²) in [6, 6.07) is 8.31. The highest BCUT2D eigenvalue weighted by molar-refractivity contribution is 14.1. The van der Waals surface area contributed by atoms with Gasteiger partial charge >= 0.3 is 0 Å². The standard InChI is InChI=1S/C18H14IN3O6/c1-27-16-7-10(6-13(19)17(16)28-2)5-11(9-20)18(24)21-14-4-3-12(22(25)26)8-15(14)23/h3-8,23H,1-2H3,(H,21,24)/b11-5-. The Bertz CT molecular complexity index is 1010. The number of anilines is 1. The number of nitro benzene ring substituents is 1. The molecule has 0 saturated heterocycles. The van der Waals surface area contributed by atoms with Gasteiger partial charge in [-0.05, 0) is 52.4 Å². The van der Waals surface area contributed by atoms with Gasteiger partial charge in [-0.2, -0.15) is 5.26 Å². The van der Waals surface area contributed by atoms with Crippen LogP contribution in [-0.2, 0) is 4.79 Å². The van der Waals surface area contributed by atoms with Gasteiger partial charge in [0.15, 0.2) is 11.5 Å². The van der Waals surface area contributed by atoms with Crippen molar-refractivity contribution in [3.05, 3.63) is 55.2 Å². The topological polar surface area (TPSA) is 135 Å². The molecule has 0 aliphatic carbocycles. The van der Waals surface area contributed by atoms with E-state index in [2.05, 4.69) is 5.32 Å². The summed E-state index contributed by atoms with van der Waals surface area (Å²) in [6.45, 7) is 0. The Balaban J connectivity index is 2.33. The number of benzene rings is 2. The Morgan fingerprint density at radius 1 is 1.32 bits per heavy atom. The molecule has 0 fully saturated rings. The number of nitro groups is 1. The molecule has 2 aromatic carbocycles. The van der Waals surface area contributed by atoms with Crippen LogP contribution in [0.4, 0.5) is 11.4 Å². The van der Waals surface area contributed by atoms with E-state index in [1.165, 1.54) is 26.4 Å². The summed E-state index contributed by atoms with van der Waals surface area (Å²) in [4.78, 5) is 22.4. The van der Waals surface area contributed by atoms with Crippen LogP contribution in [0, 0.1) is 25.0 Å². The molecule has 0 heterocycles. The second-order valence-electron chi connectivity index (χ2n) is 5.32. The number of hydrogen-bond acceptors (Lipinski definition) is 7. The molecule has 2 N–H and O–H groups in total. The van der Waals surface area contributed by atoms with Gasteiger partial charge in [0.05, 0.1) is 34.5 Å². The lowest BCUT2D eigenvalue weighted by molar-refractivity contribution is -0.384. The molecule has 9 nitrogen and oxygen atoms in total. The fraction of sp³-hybridized carbons (Fsp3) is 0.111. The van der Waals surface area contributed by atoms with Gasteiger partial charge in [-0.1, -0.05) is 0 Å². The zero-order chi connectivity index (χ0) is 20.8. The maximum absolute atomic E-state index is 12.4. The van der Waals surface area contributed by atoms with Crippen LogP contribution < -0.4 is 14.8 Å². The minimum absolute atomic E-state index is 0.0568. The third kappa shape index (κ3) is 4.68. The van der Waals surface area contributed by atoms with Gasteiger partial charge < -0.3 is 19.9 Å². The predicted octanol–water partition coefficient (Wildman–Crippen LogP) is 3.47. The average Bonchev–Trinajstić information content (AvgIpc) is 2.66. The first kappa shape index (κ1) is 21.0. The van der Waals surface area contributed by atoms with Gasteiger partial charge in [0, 0.05) is 6.07 Å². The fourth-order valence-corrected chi connectivity index (χ4v) is 3.11. The van der Waals surface area contributed by atoms with Gasteiger partial charge in [-0.15, -0.1) is 0 Å². The molecule has 144 valence electrons. The van der Waals surface area contributed by atoms with E-state index in [0.29, 0.717) is 17.1 Å². The number of carbonyl (C=O) groups excluding carboxylic acids is 1. The summed E-state index contributed by atoms with van der Waals surface area (Å²) in [7, 11) is 2.97. The van der Waals surface area contributed by atoms with Crippen LogP contribution >= 0.6 is 22.6 Å². The van der Waals surface area contributed by atoms with E-state index in [0.717, 1.165) is 15.7 Å². The van der Waals surface area contributed by atoms with Gasteiger partial charge in [-0.3, -0.25) is 14.9 Å². The van der Waals surface area contributed by atoms with Crippen molar-refractivity contribution in [1.29, 1.82) is 5.26 Å². The minimum atomic E-state index is -0.781. The molecule has 0 aromatic heterocycles. The van der Waals surface area contributed by atoms with Crippen LogP contribution in [0.25, 0.3) is 6.08 Å². The highest BCUT2D eigenvalue weighted by Crippen LogP contribution is 2.34. The zero-order valence-corrected chi connectivity index (χ0v) is 16.9. The van der Waals surface area contributed by atoms with E-state index in [4.69, 9.17) is 9.47 Å². The van der Waals surface area contributed by atoms with Crippen LogP contribution in [0.5, 0.6) is 17.2 Å². The van der Waals surface area contributed by atoms with E-state index in [-0.39, 0.29) is 16.9 Å². The Hall–Kier alpha value is -3.33. The number of halogens is 1. The lowest BCUT2D eigenvalue weighted by Gasteiger charge is -2.11. The molecular formula is C18H14IN3O6. The number of hydrogen-bond donors (Lipinski definition) is 2. The number of methoxy groups -OCH3 is 2. The SMILES string of the molecule is COc1cc(/C=C(/C#N)C(=O)Nc2ccc([N+](=O)[O-])cc2O)cc(I)c1OC. The van der Waals surface area contributed by atoms with Crippen molar-refractivity contribution in [2.45, 2.75) is 0 Å². The first-order valence-electron chi connectivity index (χ1n) is 7.62. The molecule has 28 heavy (non-hydrogen) atoms. The van der Waals surface area contributed by atoms with Crippen molar-refractivity contribution in [3.8, 4) is 23.3 Å². The second kappa shape index (κ2) is 9.05. The summed E-state index contributed by atoms with van der Waals surface area (Å²) in [5.74, 6) is -0.303. The number of nitrogens with zero attached hydrogens (tertiary/aromatic N) is 2. The number of aromatic hydroxyl groups is 1. The molecule has 0 radical (unpaired) electrons. The maximum Gasteiger partial charge on any atom is 0.273 e. The molecule has 0 unspecified atom stereocenters. The summed E-state index contributed by atoms with van der Waals surface area (Å²) < 4.78 is 11.2. The van der Waals surface area contributed by atoms with Crippen LogP contribution in [0.2, 0.25) is 0 Å². The Morgan fingerprint density at radius 2 is 2.04 bits per heavy atom. The zero-order valence-electron chi connectivity index (χ0n) is 14.7. The van der Waals surface area contributed by atoms with Gasteiger partial charge in [-0.25, -0.2) is 0 Å². The van der Waals surface area contributed by atoms with Crippen molar-refractivity contribution >= 4 is 45.9 Å². The number of phenolic OH excluding ortho intramolecular Hbond substituents is 1. The minimum Gasteiger partial charge on any atom is -0.506 e. The van der Waals surface area contributed by atoms with Crippen molar-refractivity contribution in [3.63, 3.8) is 0 Å². The molecule has 10 heteroatoms. The van der Waals surface area contributed by atoms with Crippen LogP contribution in [0.3, 0.4) is 0 Å². The molecule has 0 spiro atoms. The summed E-state index contributed by atoms with van der Waals surface area (Å²) in [5, 5.41) is 32.2. The lowest BCUT2D eigenvalue weighted by atomic mass is 10.1. The summed E-state index contributed by atoms with van der Waals surface area (Å²) in [6.07, 6.45) is 1.35. The fourth-order valence-electron chi connectivity index (χ4n) is 2.27. The number of phenols is 1. The molecule has 1 amide bonds. The Kier molecular flexibility index (Phi) is 6.78. The molecule has 0 bridgehead atoms. The number of ether oxygens (including phenoxy) is 2. The third-order valence-corrected chi connectivity index (χ3v) is 4.37. The Labute approximate surface area is 173 Å². The number of nitrogens with one attached hydrogen (secondary N) is 1. The molecule has 2 rings (SSSR count).